The van der Waals surface area contributed by atoms with Crippen molar-refractivity contribution < 1.29 is 22.6 Å². The average molecular weight is 301 g/mol. The van der Waals surface area contributed by atoms with Gasteiger partial charge in [0.25, 0.3) is 0 Å². The van der Waals surface area contributed by atoms with Gasteiger partial charge in [-0.3, -0.25) is 9.11 Å². The Bertz CT molecular complexity index is 314. The van der Waals surface area contributed by atoms with Gasteiger partial charge in [0.05, 0.1) is 6.10 Å². The summed E-state index contributed by atoms with van der Waals surface area (Å²) in [4.78, 5) is 0. The molecule has 19 heavy (non-hydrogen) atoms. The second-order valence-corrected chi connectivity index (χ2v) is 5.75. The van der Waals surface area contributed by atoms with Crippen molar-refractivity contribution in [2.75, 3.05) is 13.1 Å². The summed E-state index contributed by atoms with van der Waals surface area (Å²) in [5.41, 5.74) is 0.260. The van der Waals surface area contributed by atoms with E-state index < -0.39 is 10.4 Å². The van der Waals surface area contributed by atoms with Crippen molar-refractivity contribution in [3.05, 3.63) is 0 Å². The lowest BCUT2D eigenvalue weighted by Gasteiger charge is -2.44. The third kappa shape index (κ3) is 7.78. The number of aliphatic hydroxyl groups is 1. The fraction of sp³-hybridized carbons (Fsp3) is 1.00. The largest absolute Gasteiger partial charge is 0.394 e. The second kappa shape index (κ2) is 8.80. The Morgan fingerprint density at radius 1 is 1.05 bits per heavy atom. The second-order valence-electron chi connectivity index (χ2n) is 4.85. The van der Waals surface area contributed by atoms with E-state index in [4.69, 9.17) is 17.5 Å². The molecular formula is C10H27N3O5S. The van der Waals surface area contributed by atoms with E-state index in [0.29, 0.717) is 0 Å². The highest BCUT2D eigenvalue weighted by Gasteiger charge is 2.40. The van der Waals surface area contributed by atoms with Crippen molar-refractivity contribution in [3.63, 3.8) is 0 Å². The SMILES string of the molecule is N.N.O=S(=O)(O)O.O[C@@H]1CCCC[C@@]12CCCNC2. The van der Waals surface area contributed by atoms with Gasteiger partial charge in [0.2, 0.25) is 0 Å². The fourth-order valence-corrected chi connectivity index (χ4v) is 2.78. The molecule has 0 aromatic rings. The molecule has 0 aromatic heterocycles. The summed E-state index contributed by atoms with van der Waals surface area (Å²) in [6.45, 7) is 2.20. The summed E-state index contributed by atoms with van der Waals surface area (Å²) in [5, 5.41) is 13.4. The van der Waals surface area contributed by atoms with Crippen LogP contribution in [0.5, 0.6) is 0 Å². The lowest BCUT2D eigenvalue weighted by molar-refractivity contribution is -0.0271. The minimum absolute atomic E-state index is 0. The topological polar surface area (TPSA) is 177 Å². The summed E-state index contributed by atoms with van der Waals surface area (Å²) in [6.07, 6.45) is 7.27. The number of aliphatic hydroxyl groups excluding tert-OH is 1. The van der Waals surface area contributed by atoms with Gasteiger partial charge < -0.3 is 22.7 Å². The van der Waals surface area contributed by atoms with Crippen LogP contribution in [0.15, 0.2) is 0 Å². The maximum Gasteiger partial charge on any atom is 0.394 e. The molecule has 1 saturated heterocycles. The van der Waals surface area contributed by atoms with Crippen LogP contribution < -0.4 is 17.6 Å². The summed E-state index contributed by atoms with van der Waals surface area (Å²) in [6, 6.07) is 0. The fourth-order valence-electron chi connectivity index (χ4n) is 2.78. The average Bonchev–Trinajstić information content (AvgIpc) is 2.22. The third-order valence-corrected chi connectivity index (χ3v) is 3.61. The van der Waals surface area contributed by atoms with Crippen LogP contribution in [0, 0.1) is 5.41 Å². The van der Waals surface area contributed by atoms with E-state index in [0.717, 1.165) is 19.5 Å². The molecule has 0 radical (unpaired) electrons. The Balaban J connectivity index is 0. The normalized spacial score (nSPS) is 30.4. The van der Waals surface area contributed by atoms with Gasteiger partial charge in [-0.25, -0.2) is 0 Å². The van der Waals surface area contributed by atoms with Crippen LogP contribution in [0.4, 0.5) is 0 Å². The maximum atomic E-state index is 9.94. The molecule has 1 heterocycles. The minimum Gasteiger partial charge on any atom is -0.393 e. The van der Waals surface area contributed by atoms with Crippen molar-refractivity contribution in [2.24, 2.45) is 5.41 Å². The maximum absolute atomic E-state index is 9.94. The first kappa shape index (κ1) is 21.0. The third-order valence-electron chi connectivity index (χ3n) is 3.61. The molecule has 1 spiro atoms. The summed E-state index contributed by atoms with van der Waals surface area (Å²) < 4.78 is 31.6. The highest BCUT2D eigenvalue weighted by atomic mass is 32.3. The van der Waals surface area contributed by atoms with Gasteiger partial charge in [-0.15, -0.1) is 0 Å². The molecule has 9 heteroatoms. The number of hydrogen-bond donors (Lipinski definition) is 6. The molecule has 8 nitrogen and oxygen atoms in total. The zero-order chi connectivity index (χ0) is 12.9. The number of nitrogens with one attached hydrogen (secondary N) is 1. The Morgan fingerprint density at radius 2 is 1.58 bits per heavy atom. The van der Waals surface area contributed by atoms with Crippen LogP contribution >= 0.6 is 0 Å². The van der Waals surface area contributed by atoms with Crippen molar-refractivity contribution in [2.45, 2.75) is 44.6 Å². The van der Waals surface area contributed by atoms with Crippen LogP contribution in [0.3, 0.4) is 0 Å². The van der Waals surface area contributed by atoms with E-state index in [1.54, 1.807) is 0 Å². The lowest BCUT2D eigenvalue weighted by atomic mass is 9.68. The molecule has 0 aromatic carbocycles. The number of hydrogen-bond acceptors (Lipinski definition) is 6. The van der Waals surface area contributed by atoms with Gasteiger partial charge in [-0.1, -0.05) is 12.8 Å². The molecule has 10 N–H and O–H groups in total. The van der Waals surface area contributed by atoms with Gasteiger partial charge >= 0.3 is 10.4 Å². The highest BCUT2D eigenvalue weighted by Crippen LogP contribution is 2.41. The van der Waals surface area contributed by atoms with Crippen LogP contribution in [0.1, 0.15) is 38.5 Å². The highest BCUT2D eigenvalue weighted by molar-refractivity contribution is 7.79. The standard InChI is InChI=1S/C10H19NO.2H3N.H2O4S/c12-9-4-1-2-5-10(9)6-3-7-11-8-10;;;1-5(2,3)4/h9,11-12H,1-8H2;2*1H3;(H2,1,2,3,4)/t9-,10+;;;/m1.../s1. The minimum atomic E-state index is -4.67. The van der Waals surface area contributed by atoms with Crippen LogP contribution in [-0.2, 0) is 10.4 Å². The molecule has 2 fully saturated rings. The van der Waals surface area contributed by atoms with Crippen molar-refractivity contribution >= 4 is 10.4 Å². The molecule has 1 aliphatic heterocycles. The molecule has 0 bridgehead atoms. The smallest absolute Gasteiger partial charge is 0.393 e. The zero-order valence-corrected chi connectivity index (χ0v) is 12.0. The molecule has 0 amide bonds. The molecule has 2 rings (SSSR count). The van der Waals surface area contributed by atoms with Gasteiger partial charge in [0.1, 0.15) is 0 Å². The van der Waals surface area contributed by atoms with E-state index in [9.17, 15) is 5.11 Å². The summed E-state index contributed by atoms with van der Waals surface area (Å²) in [7, 11) is -4.67. The van der Waals surface area contributed by atoms with Gasteiger partial charge in [-0.2, -0.15) is 8.42 Å². The Morgan fingerprint density at radius 3 is 2.00 bits per heavy atom. The first-order valence-corrected chi connectivity index (χ1v) is 7.32. The molecule has 1 saturated carbocycles. The lowest BCUT2D eigenvalue weighted by Crippen LogP contribution is -2.49. The number of piperidine rings is 1. The molecular weight excluding hydrogens is 274 g/mol. The van der Waals surface area contributed by atoms with E-state index >= 15 is 0 Å². The van der Waals surface area contributed by atoms with Crippen molar-refractivity contribution in [3.8, 4) is 0 Å². The van der Waals surface area contributed by atoms with Gasteiger partial charge in [0.15, 0.2) is 0 Å². The van der Waals surface area contributed by atoms with Crippen LogP contribution in [0.2, 0.25) is 0 Å². The first-order chi connectivity index (χ1) is 7.83. The number of rotatable bonds is 0. The zero-order valence-electron chi connectivity index (χ0n) is 11.2. The predicted molar refractivity (Wildman–Crippen MR) is 73.2 cm³/mol. The van der Waals surface area contributed by atoms with Gasteiger partial charge in [-0.05, 0) is 32.2 Å². The Kier molecular flexibility index (Phi) is 9.73. The Labute approximate surface area is 114 Å². The van der Waals surface area contributed by atoms with Crippen molar-refractivity contribution in [1.29, 1.82) is 0 Å². The summed E-state index contributed by atoms with van der Waals surface area (Å²) in [5.74, 6) is 0. The van der Waals surface area contributed by atoms with E-state index in [2.05, 4.69) is 5.32 Å². The van der Waals surface area contributed by atoms with E-state index in [1.165, 1.54) is 32.1 Å². The summed E-state index contributed by atoms with van der Waals surface area (Å²) >= 11 is 0. The van der Waals surface area contributed by atoms with Crippen LogP contribution in [0.25, 0.3) is 0 Å². The van der Waals surface area contributed by atoms with Crippen LogP contribution in [-0.4, -0.2) is 41.8 Å². The molecule has 2 atom stereocenters. The van der Waals surface area contributed by atoms with E-state index in [1.807, 2.05) is 0 Å². The monoisotopic (exact) mass is 301 g/mol. The molecule has 1 aliphatic carbocycles. The quantitative estimate of drug-likeness (QED) is 0.358. The predicted octanol–water partition coefficient (Wildman–Crippen LogP) is 0.962. The van der Waals surface area contributed by atoms with E-state index in [-0.39, 0.29) is 23.8 Å². The molecule has 2 aliphatic rings. The van der Waals surface area contributed by atoms with Gasteiger partial charge in [0, 0.05) is 12.0 Å². The Hall–Kier alpha value is -0.290. The first-order valence-electron chi connectivity index (χ1n) is 5.92. The van der Waals surface area contributed by atoms with Crippen molar-refractivity contribution in [1.82, 2.24) is 17.6 Å². The molecule has 0 unspecified atom stereocenters. The molecule has 118 valence electrons.